The van der Waals surface area contributed by atoms with Gasteiger partial charge < -0.3 is 15.7 Å². The second-order valence-corrected chi connectivity index (χ2v) is 3.42. The molecule has 6 heteroatoms. The number of rotatable bonds is 2. The Morgan fingerprint density at radius 1 is 1.29 bits per heavy atom. The van der Waals surface area contributed by atoms with Gasteiger partial charge in [-0.25, -0.2) is 9.59 Å². The van der Waals surface area contributed by atoms with Crippen molar-refractivity contribution in [2.45, 2.75) is 37.8 Å². The van der Waals surface area contributed by atoms with E-state index in [1.165, 1.54) is 0 Å². The molecule has 0 spiro atoms. The topological polar surface area (TPSA) is 102 Å². The summed E-state index contributed by atoms with van der Waals surface area (Å²) in [6.07, 6.45) is 3.33. The van der Waals surface area contributed by atoms with E-state index < -0.39 is 11.9 Å². The number of carboxylic acids is 1. The van der Waals surface area contributed by atoms with Crippen LogP contribution in [0.4, 0.5) is 0 Å². The number of aliphatic carboxylic acids is 1. The quantitative estimate of drug-likeness (QED) is 0.408. The fraction of sp³-hybridized carbons (Fsp3) is 0.750. The predicted molar refractivity (Wildman–Crippen MR) is 47.1 cm³/mol. The average molecular weight is 202 g/mol. The summed E-state index contributed by atoms with van der Waals surface area (Å²) in [4.78, 5) is 25.0. The van der Waals surface area contributed by atoms with Crippen molar-refractivity contribution in [1.29, 1.82) is 0 Å². The SMILES string of the molecule is NC1CCC(NOC(=O)C(=O)O)CC1. The molecule has 4 N–H and O–H groups in total. The molecule has 1 aliphatic rings. The smallest absolute Gasteiger partial charge is 0.435 e. The number of nitrogens with two attached hydrogens (primary N) is 1. The Labute approximate surface area is 81.4 Å². The van der Waals surface area contributed by atoms with Gasteiger partial charge in [0.2, 0.25) is 0 Å². The Kier molecular flexibility index (Phi) is 3.84. The molecule has 0 aliphatic heterocycles. The molecule has 0 aromatic carbocycles. The van der Waals surface area contributed by atoms with Gasteiger partial charge in [-0.1, -0.05) is 0 Å². The molecule has 0 heterocycles. The predicted octanol–water partition coefficient (Wildman–Crippen LogP) is -0.611. The molecule has 0 saturated heterocycles. The molecule has 0 bridgehead atoms. The summed E-state index contributed by atoms with van der Waals surface area (Å²) < 4.78 is 0. The summed E-state index contributed by atoms with van der Waals surface area (Å²) in [6, 6.07) is 0.237. The van der Waals surface area contributed by atoms with Crippen molar-refractivity contribution < 1.29 is 19.5 Å². The van der Waals surface area contributed by atoms with Crippen LogP contribution in [-0.2, 0) is 14.4 Å². The van der Waals surface area contributed by atoms with Gasteiger partial charge in [0.15, 0.2) is 0 Å². The van der Waals surface area contributed by atoms with Gasteiger partial charge in [0.1, 0.15) is 0 Å². The van der Waals surface area contributed by atoms with Crippen molar-refractivity contribution in [3.05, 3.63) is 0 Å². The van der Waals surface area contributed by atoms with Crippen LogP contribution in [0.2, 0.25) is 0 Å². The average Bonchev–Trinajstić information content (AvgIpc) is 2.16. The lowest BCUT2D eigenvalue weighted by Gasteiger charge is -2.25. The van der Waals surface area contributed by atoms with Crippen LogP contribution in [0.25, 0.3) is 0 Å². The number of hydrogen-bond donors (Lipinski definition) is 3. The zero-order chi connectivity index (χ0) is 10.6. The molecule has 0 aromatic heterocycles. The number of hydrogen-bond acceptors (Lipinski definition) is 5. The van der Waals surface area contributed by atoms with E-state index in [2.05, 4.69) is 10.3 Å². The van der Waals surface area contributed by atoms with Crippen LogP contribution in [0.1, 0.15) is 25.7 Å². The maximum absolute atomic E-state index is 10.5. The first-order valence-electron chi connectivity index (χ1n) is 4.55. The minimum Gasteiger partial charge on any atom is -0.473 e. The molecule has 1 saturated carbocycles. The second-order valence-electron chi connectivity index (χ2n) is 3.42. The van der Waals surface area contributed by atoms with Gasteiger partial charge in [0.05, 0.1) is 0 Å². The molecule has 6 nitrogen and oxygen atoms in total. The van der Waals surface area contributed by atoms with Crippen molar-refractivity contribution in [2.24, 2.45) is 5.73 Å². The number of carbonyl (C=O) groups excluding carboxylic acids is 1. The van der Waals surface area contributed by atoms with E-state index in [-0.39, 0.29) is 12.1 Å². The van der Waals surface area contributed by atoms with Gasteiger partial charge in [0.25, 0.3) is 0 Å². The van der Waals surface area contributed by atoms with Gasteiger partial charge in [-0.15, -0.1) is 5.48 Å². The van der Waals surface area contributed by atoms with Crippen LogP contribution < -0.4 is 11.2 Å². The fourth-order valence-corrected chi connectivity index (χ4v) is 1.42. The largest absolute Gasteiger partial charge is 0.473 e. The van der Waals surface area contributed by atoms with E-state index >= 15 is 0 Å². The Morgan fingerprint density at radius 3 is 2.36 bits per heavy atom. The van der Waals surface area contributed by atoms with Gasteiger partial charge in [-0.3, -0.25) is 0 Å². The van der Waals surface area contributed by atoms with E-state index in [9.17, 15) is 9.59 Å². The third-order valence-corrected chi connectivity index (χ3v) is 2.26. The molecule has 1 fully saturated rings. The highest BCUT2D eigenvalue weighted by molar-refractivity contribution is 6.28. The van der Waals surface area contributed by atoms with Crippen LogP contribution in [0.15, 0.2) is 0 Å². The Bertz CT molecular complexity index is 223. The van der Waals surface area contributed by atoms with Crippen LogP contribution in [-0.4, -0.2) is 29.1 Å². The third-order valence-electron chi connectivity index (χ3n) is 2.26. The Morgan fingerprint density at radius 2 is 1.86 bits per heavy atom. The first-order valence-corrected chi connectivity index (χ1v) is 4.55. The fourth-order valence-electron chi connectivity index (χ4n) is 1.42. The minimum absolute atomic E-state index is 0.0260. The molecule has 0 radical (unpaired) electrons. The van der Waals surface area contributed by atoms with Crippen LogP contribution in [0.3, 0.4) is 0 Å². The number of hydroxylamine groups is 1. The summed E-state index contributed by atoms with van der Waals surface area (Å²) >= 11 is 0. The van der Waals surface area contributed by atoms with Crippen molar-refractivity contribution in [1.82, 2.24) is 5.48 Å². The molecule has 80 valence electrons. The summed E-state index contributed by atoms with van der Waals surface area (Å²) in [5.74, 6) is -2.87. The van der Waals surface area contributed by atoms with E-state index in [1.54, 1.807) is 0 Å². The zero-order valence-corrected chi connectivity index (χ0v) is 7.73. The molecule has 1 rings (SSSR count). The van der Waals surface area contributed by atoms with Crippen LogP contribution in [0, 0.1) is 0 Å². The summed E-state index contributed by atoms with van der Waals surface area (Å²) in [5, 5.41) is 8.22. The molecular formula is C8H14N2O4. The summed E-state index contributed by atoms with van der Waals surface area (Å²) in [5.41, 5.74) is 8.11. The first kappa shape index (κ1) is 10.9. The lowest BCUT2D eigenvalue weighted by Crippen LogP contribution is -2.39. The molecule has 0 amide bonds. The highest BCUT2D eigenvalue weighted by Gasteiger charge is 2.21. The van der Waals surface area contributed by atoms with Crippen molar-refractivity contribution in [2.75, 3.05) is 0 Å². The maximum Gasteiger partial charge on any atom is 0.435 e. The van der Waals surface area contributed by atoms with Gasteiger partial charge >= 0.3 is 11.9 Å². The summed E-state index contributed by atoms with van der Waals surface area (Å²) in [7, 11) is 0. The van der Waals surface area contributed by atoms with Crippen molar-refractivity contribution in [3.8, 4) is 0 Å². The standard InChI is InChI=1S/C8H14N2O4/c9-5-1-3-6(4-2-5)10-14-8(13)7(11)12/h5-6,10H,1-4,9H2,(H,11,12). The molecule has 0 atom stereocenters. The lowest BCUT2D eigenvalue weighted by atomic mass is 9.92. The molecule has 0 unspecified atom stereocenters. The molecule has 0 aromatic rings. The molecule has 1 aliphatic carbocycles. The number of carbonyl (C=O) groups is 2. The lowest BCUT2D eigenvalue weighted by molar-refractivity contribution is -0.170. The van der Waals surface area contributed by atoms with Gasteiger partial charge in [-0.05, 0) is 25.7 Å². The third kappa shape index (κ3) is 3.31. The second kappa shape index (κ2) is 4.92. The highest BCUT2D eigenvalue weighted by atomic mass is 16.7. The highest BCUT2D eigenvalue weighted by Crippen LogP contribution is 2.16. The van der Waals surface area contributed by atoms with E-state index in [4.69, 9.17) is 10.8 Å². The zero-order valence-electron chi connectivity index (χ0n) is 7.73. The molecule has 14 heavy (non-hydrogen) atoms. The number of carboxylic acid groups (broad SMARTS) is 1. The van der Waals surface area contributed by atoms with Crippen LogP contribution >= 0.6 is 0 Å². The number of nitrogens with one attached hydrogen (secondary N) is 1. The summed E-state index contributed by atoms with van der Waals surface area (Å²) in [6.45, 7) is 0. The Balaban J connectivity index is 2.19. The maximum atomic E-state index is 10.5. The van der Waals surface area contributed by atoms with Crippen LogP contribution in [0.5, 0.6) is 0 Å². The van der Waals surface area contributed by atoms with E-state index in [1.807, 2.05) is 0 Å². The first-order chi connectivity index (χ1) is 6.59. The normalized spacial score (nSPS) is 26.9. The van der Waals surface area contributed by atoms with Gasteiger partial charge in [0, 0.05) is 12.1 Å². The minimum atomic E-state index is -1.59. The van der Waals surface area contributed by atoms with E-state index in [0.717, 1.165) is 25.7 Å². The molecular weight excluding hydrogens is 188 g/mol. The van der Waals surface area contributed by atoms with Crippen molar-refractivity contribution >= 4 is 11.9 Å². The van der Waals surface area contributed by atoms with E-state index in [0.29, 0.717) is 0 Å². The van der Waals surface area contributed by atoms with Crippen molar-refractivity contribution in [3.63, 3.8) is 0 Å². The monoisotopic (exact) mass is 202 g/mol. The van der Waals surface area contributed by atoms with Gasteiger partial charge in [-0.2, -0.15) is 0 Å². The Hall–Kier alpha value is -1.14.